The van der Waals surface area contributed by atoms with Crippen LogP contribution in [0.25, 0.3) is 0 Å². The highest BCUT2D eigenvalue weighted by atomic mass is 19.4. The first kappa shape index (κ1) is 28.3. The van der Waals surface area contributed by atoms with Crippen LogP contribution in [-0.2, 0) is 30.4 Å². The summed E-state index contributed by atoms with van der Waals surface area (Å²) in [5, 5.41) is 26.2. The van der Waals surface area contributed by atoms with Crippen molar-refractivity contribution in [3.8, 4) is 0 Å². The molecular formula is C17H22F3N5O7. The first-order valence-electron chi connectivity index (χ1n) is 8.77. The summed E-state index contributed by atoms with van der Waals surface area (Å²) in [6.07, 6.45) is -5.80. The molecule has 1 aromatic carbocycles. The van der Waals surface area contributed by atoms with Gasteiger partial charge < -0.3 is 47.2 Å². The van der Waals surface area contributed by atoms with Crippen LogP contribution in [0.5, 0.6) is 0 Å². The zero-order valence-electron chi connectivity index (χ0n) is 16.6. The molecule has 32 heavy (non-hydrogen) atoms. The van der Waals surface area contributed by atoms with E-state index in [-0.39, 0.29) is 13.0 Å². The van der Waals surface area contributed by atoms with Gasteiger partial charge >= 0.3 is 12.1 Å². The number of carboxylic acids is 2. The van der Waals surface area contributed by atoms with Gasteiger partial charge in [-0.2, -0.15) is 13.2 Å². The lowest BCUT2D eigenvalue weighted by atomic mass is 10.1. The molecule has 12 nitrogen and oxygen atoms in total. The Kier molecular flexibility index (Phi) is 12.0. The highest BCUT2D eigenvalue weighted by Crippen LogP contribution is 2.11. The molecule has 0 fully saturated rings. The average Bonchev–Trinajstić information content (AvgIpc) is 2.70. The van der Waals surface area contributed by atoms with E-state index in [2.05, 4.69) is 27.4 Å². The third-order valence-electron chi connectivity index (χ3n) is 3.37. The van der Waals surface area contributed by atoms with Gasteiger partial charge in [0, 0.05) is 6.42 Å². The maximum Gasteiger partial charge on any atom is 0.430 e. The minimum absolute atomic E-state index is 0.159. The topological polar surface area (TPSA) is 223 Å². The number of aliphatic carboxylic acids is 2. The van der Waals surface area contributed by atoms with Crippen molar-refractivity contribution in [1.29, 1.82) is 0 Å². The molecule has 0 bridgehead atoms. The molecule has 0 heterocycles. The maximum atomic E-state index is 12.1. The fraction of sp³-hybridized carbons (Fsp3) is 0.353. The number of nitrogens with one attached hydrogen (secondary N) is 3. The third kappa shape index (κ3) is 12.8. The molecule has 0 aromatic heterocycles. The molecule has 3 amide bonds. The largest absolute Gasteiger partial charge is 0.548 e. The van der Waals surface area contributed by atoms with Crippen LogP contribution in [0.1, 0.15) is 5.56 Å². The zero-order valence-corrected chi connectivity index (χ0v) is 16.6. The Hall–Kier alpha value is -3.72. The second-order valence-electron chi connectivity index (χ2n) is 6.10. The van der Waals surface area contributed by atoms with Crippen LogP contribution in [0.4, 0.5) is 13.2 Å². The van der Waals surface area contributed by atoms with Gasteiger partial charge in [-0.05, 0) is 5.56 Å². The van der Waals surface area contributed by atoms with Crippen molar-refractivity contribution >= 4 is 29.7 Å². The average molecular weight is 465 g/mol. The lowest BCUT2D eigenvalue weighted by Gasteiger charge is -2.19. The number of carbonyl (C=O) groups excluding carboxylic acids is 5. The van der Waals surface area contributed by atoms with Gasteiger partial charge in [0.2, 0.25) is 11.8 Å². The fourth-order valence-corrected chi connectivity index (χ4v) is 1.90. The van der Waals surface area contributed by atoms with Crippen LogP contribution in [0.15, 0.2) is 30.3 Å². The van der Waals surface area contributed by atoms with Gasteiger partial charge in [-0.25, -0.2) is 0 Å². The van der Waals surface area contributed by atoms with E-state index < -0.39 is 54.6 Å². The minimum atomic E-state index is -5.19. The SMILES string of the molecule is O=C([O-])C(F)(F)F.[NH3+]C([NH3+])C(=O)NCC(=O)N[C@@H](Cc1ccccc1)C(=O)NCC(=O)[O-]. The zero-order chi connectivity index (χ0) is 24.9. The van der Waals surface area contributed by atoms with Gasteiger partial charge in [-0.1, -0.05) is 30.3 Å². The van der Waals surface area contributed by atoms with Crippen molar-refractivity contribution < 1.29 is 58.8 Å². The van der Waals surface area contributed by atoms with Crippen LogP contribution in [0.3, 0.4) is 0 Å². The molecule has 0 unspecified atom stereocenters. The number of quaternary nitrogens is 2. The number of carbonyl (C=O) groups is 5. The van der Waals surface area contributed by atoms with E-state index in [1.165, 1.54) is 0 Å². The maximum absolute atomic E-state index is 12.1. The quantitative estimate of drug-likeness (QED) is 0.222. The third-order valence-corrected chi connectivity index (χ3v) is 3.37. The van der Waals surface area contributed by atoms with Crippen molar-refractivity contribution in [3.05, 3.63) is 35.9 Å². The van der Waals surface area contributed by atoms with Crippen LogP contribution in [-0.4, -0.2) is 61.1 Å². The van der Waals surface area contributed by atoms with Crippen LogP contribution in [0, 0.1) is 0 Å². The van der Waals surface area contributed by atoms with Gasteiger partial charge in [0.25, 0.3) is 6.17 Å². The van der Waals surface area contributed by atoms with Crippen LogP contribution >= 0.6 is 0 Å². The highest BCUT2D eigenvalue weighted by molar-refractivity contribution is 5.91. The summed E-state index contributed by atoms with van der Waals surface area (Å²) in [6, 6.07) is 7.89. The second-order valence-corrected chi connectivity index (χ2v) is 6.10. The number of carboxylic acid groups (broad SMARTS) is 2. The standard InChI is InChI=1S/C15H21N5O5.C2HF3O2/c16-13(17)15(25)18-7-11(21)20-10(14(24)19-8-12(22)23)6-9-4-2-1-3-5-9;3-2(4,5)1(6)7/h1-5,10,13H,6-8,16-17H2,(H,18,25)(H,19,24)(H,20,21)(H,22,23);(H,6,7)/t10-;/m0./s1. The number of alkyl halides is 3. The van der Waals surface area contributed by atoms with E-state index in [9.17, 15) is 37.5 Å². The predicted molar refractivity (Wildman–Crippen MR) is 93.7 cm³/mol. The molecule has 1 atom stereocenters. The Morgan fingerprint density at radius 2 is 1.41 bits per heavy atom. The molecule has 0 aliphatic carbocycles. The summed E-state index contributed by atoms with van der Waals surface area (Å²) < 4.78 is 31.5. The van der Waals surface area contributed by atoms with E-state index in [0.29, 0.717) is 0 Å². The summed E-state index contributed by atoms with van der Waals surface area (Å²) in [5.41, 5.74) is 7.62. The number of hydrogen-bond donors (Lipinski definition) is 5. The normalized spacial score (nSPS) is 11.4. The van der Waals surface area contributed by atoms with Crippen molar-refractivity contribution in [3.63, 3.8) is 0 Å². The fourth-order valence-electron chi connectivity index (χ4n) is 1.90. The molecule has 15 heteroatoms. The van der Waals surface area contributed by atoms with Gasteiger partial charge in [0.15, 0.2) is 0 Å². The summed E-state index contributed by atoms with van der Waals surface area (Å²) in [5.74, 6) is -6.22. The number of benzene rings is 1. The minimum Gasteiger partial charge on any atom is -0.548 e. The van der Waals surface area contributed by atoms with Gasteiger partial charge in [0.05, 0.1) is 19.1 Å². The van der Waals surface area contributed by atoms with E-state index in [1.807, 2.05) is 0 Å². The lowest BCUT2D eigenvalue weighted by molar-refractivity contribution is -0.636. The number of halogens is 3. The van der Waals surface area contributed by atoms with Crippen molar-refractivity contribution in [2.45, 2.75) is 24.8 Å². The summed E-state index contributed by atoms with van der Waals surface area (Å²) in [6.45, 7) is -1.01. The molecule has 0 saturated heterocycles. The molecule has 0 aliphatic heterocycles. The Bertz CT molecular complexity index is 803. The summed E-state index contributed by atoms with van der Waals surface area (Å²) in [4.78, 5) is 54.7. The Balaban J connectivity index is 0.00000118. The highest BCUT2D eigenvalue weighted by Gasteiger charge is 2.28. The predicted octanol–water partition coefficient (Wildman–Crippen LogP) is -6.20. The summed E-state index contributed by atoms with van der Waals surface area (Å²) >= 11 is 0. The molecule has 0 saturated carbocycles. The molecule has 9 N–H and O–H groups in total. The van der Waals surface area contributed by atoms with Gasteiger partial charge in [-0.3, -0.25) is 14.4 Å². The van der Waals surface area contributed by atoms with E-state index >= 15 is 0 Å². The molecule has 0 radical (unpaired) electrons. The van der Waals surface area contributed by atoms with Crippen molar-refractivity contribution in [2.75, 3.05) is 13.1 Å². The Labute approximate surface area is 179 Å². The lowest BCUT2D eigenvalue weighted by Crippen LogP contribution is -2.88. The molecular weight excluding hydrogens is 443 g/mol. The smallest absolute Gasteiger partial charge is 0.430 e. The molecule has 1 aromatic rings. The molecule has 178 valence electrons. The molecule has 0 spiro atoms. The molecule has 0 aliphatic rings. The summed E-state index contributed by atoms with van der Waals surface area (Å²) in [7, 11) is 0. The van der Waals surface area contributed by atoms with E-state index in [0.717, 1.165) is 5.56 Å². The van der Waals surface area contributed by atoms with Crippen molar-refractivity contribution in [1.82, 2.24) is 16.0 Å². The monoisotopic (exact) mass is 465 g/mol. The molecule has 1 rings (SSSR count). The Morgan fingerprint density at radius 3 is 1.84 bits per heavy atom. The van der Waals surface area contributed by atoms with Gasteiger partial charge in [0.1, 0.15) is 12.0 Å². The first-order chi connectivity index (χ1) is 14.7. The Morgan fingerprint density at radius 1 is 0.906 bits per heavy atom. The van der Waals surface area contributed by atoms with E-state index in [1.54, 1.807) is 30.3 Å². The van der Waals surface area contributed by atoms with Crippen molar-refractivity contribution in [2.24, 2.45) is 0 Å². The first-order valence-corrected chi connectivity index (χ1v) is 8.77. The number of amides is 3. The second kappa shape index (κ2) is 13.6. The van der Waals surface area contributed by atoms with Crippen LogP contribution in [0.2, 0.25) is 0 Å². The number of hydrogen-bond acceptors (Lipinski definition) is 7. The van der Waals surface area contributed by atoms with E-state index in [4.69, 9.17) is 9.90 Å². The number of rotatable bonds is 9. The van der Waals surface area contributed by atoms with Crippen LogP contribution < -0.4 is 37.6 Å². The van der Waals surface area contributed by atoms with Gasteiger partial charge in [-0.15, -0.1) is 0 Å².